The molecule has 0 bridgehead atoms. The summed E-state index contributed by atoms with van der Waals surface area (Å²) in [6.45, 7) is 0.843. The van der Waals surface area contributed by atoms with Gasteiger partial charge in [-0.3, -0.25) is 4.79 Å². The second kappa shape index (κ2) is 5.89. The summed E-state index contributed by atoms with van der Waals surface area (Å²) in [6, 6.07) is 7.34. The Morgan fingerprint density at radius 1 is 1.37 bits per heavy atom. The van der Waals surface area contributed by atoms with Gasteiger partial charge in [-0.2, -0.15) is 0 Å². The van der Waals surface area contributed by atoms with Crippen LogP contribution in [-0.4, -0.2) is 24.2 Å². The number of benzene rings is 1. The Hall–Kier alpha value is -1.81. The summed E-state index contributed by atoms with van der Waals surface area (Å²) >= 11 is 0. The first kappa shape index (κ1) is 13.6. The van der Waals surface area contributed by atoms with Gasteiger partial charge in [-0.05, 0) is 48.4 Å². The van der Waals surface area contributed by atoms with Gasteiger partial charge in [0, 0.05) is 24.9 Å². The summed E-state index contributed by atoms with van der Waals surface area (Å²) in [5, 5.41) is 11.8. The molecule has 1 saturated carbocycles. The zero-order chi connectivity index (χ0) is 13.7. The first-order valence-corrected chi connectivity index (χ1v) is 6.56. The molecule has 1 fully saturated rings. The minimum absolute atomic E-state index is 0.0963. The maximum atomic E-state index is 11.7. The van der Waals surface area contributed by atoms with Crippen LogP contribution in [0, 0.1) is 5.41 Å². The lowest BCUT2D eigenvalue weighted by atomic mass is 10.0. The third-order valence-corrected chi connectivity index (χ3v) is 3.60. The van der Waals surface area contributed by atoms with E-state index in [0.717, 1.165) is 24.8 Å². The Bertz CT molecular complexity index is 462. The number of carbonyl (C=O) groups excluding carboxylic acids is 1. The van der Waals surface area contributed by atoms with Crippen molar-refractivity contribution in [1.29, 1.82) is 0 Å². The van der Waals surface area contributed by atoms with Gasteiger partial charge >= 0.3 is 0 Å². The Kier molecular flexibility index (Phi) is 4.22. The van der Waals surface area contributed by atoms with Gasteiger partial charge in [0.25, 0.3) is 0 Å². The van der Waals surface area contributed by atoms with Crippen LogP contribution in [0.4, 0.5) is 5.69 Å². The molecule has 2 rings (SSSR count). The number of nitrogens with two attached hydrogens (primary N) is 1. The van der Waals surface area contributed by atoms with Crippen LogP contribution >= 0.6 is 0 Å². The van der Waals surface area contributed by atoms with E-state index in [1.807, 2.05) is 12.1 Å². The molecule has 1 amide bonds. The Morgan fingerprint density at radius 3 is 2.63 bits per heavy atom. The van der Waals surface area contributed by atoms with Crippen LogP contribution in [-0.2, 0) is 4.79 Å². The number of aliphatic hydroxyl groups excluding tert-OH is 1. The van der Waals surface area contributed by atoms with Crippen LogP contribution in [0.2, 0.25) is 0 Å². The molecule has 4 N–H and O–H groups in total. The van der Waals surface area contributed by atoms with E-state index in [2.05, 4.69) is 5.32 Å². The van der Waals surface area contributed by atoms with Gasteiger partial charge in [0.05, 0.1) is 0 Å². The van der Waals surface area contributed by atoms with Crippen molar-refractivity contribution in [3.05, 3.63) is 35.9 Å². The number of nitrogen functional groups attached to an aromatic ring is 1. The number of hydrogen-bond acceptors (Lipinski definition) is 3. The van der Waals surface area contributed by atoms with Crippen molar-refractivity contribution < 1.29 is 9.90 Å². The van der Waals surface area contributed by atoms with Gasteiger partial charge < -0.3 is 16.2 Å². The van der Waals surface area contributed by atoms with Gasteiger partial charge in [0.1, 0.15) is 0 Å². The maximum absolute atomic E-state index is 11.7. The van der Waals surface area contributed by atoms with Gasteiger partial charge in [-0.25, -0.2) is 0 Å². The van der Waals surface area contributed by atoms with Crippen molar-refractivity contribution in [2.24, 2.45) is 5.41 Å². The second-order valence-electron chi connectivity index (χ2n) is 5.19. The highest BCUT2D eigenvalue weighted by Gasteiger charge is 2.41. The van der Waals surface area contributed by atoms with Crippen LogP contribution in [0.25, 0.3) is 6.08 Å². The van der Waals surface area contributed by atoms with Gasteiger partial charge in [0.15, 0.2) is 0 Å². The van der Waals surface area contributed by atoms with Crippen molar-refractivity contribution in [2.75, 3.05) is 18.9 Å². The van der Waals surface area contributed by atoms with Crippen molar-refractivity contribution in [2.45, 2.75) is 19.3 Å². The van der Waals surface area contributed by atoms with E-state index in [4.69, 9.17) is 10.8 Å². The van der Waals surface area contributed by atoms with E-state index < -0.39 is 0 Å². The average Bonchev–Trinajstić information content (AvgIpc) is 3.17. The first-order chi connectivity index (χ1) is 9.13. The molecule has 19 heavy (non-hydrogen) atoms. The second-order valence-corrected chi connectivity index (χ2v) is 5.19. The Balaban J connectivity index is 1.79. The highest BCUT2D eigenvalue weighted by molar-refractivity contribution is 5.91. The van der Waals surface area contributed by atoms with Gasteiger partial charge in [-0.15, -0.1) is 0 Å². The third kappa shape index (κ3) is 4.10. The minimum atomic E-state index is -0.0963. The van der Waals surface area contributed by atoms with Crippen molar-refractivity contribution >= 4 is 17.7 Å². The maximum Gasteiger partial charge on any atom is 0.244 e. The molecule has 0 saturated heterocycles. The van der Waals surface area contributed by atoms with E-state index in [9.17, 15) is 4.79 Å². The van der Waals surface area contributed by atoms with E-state index >= 15 is 0 Å². The van der Waals surface area contributed by atoms with E-state index in [0.29, 0.717) is 12.2 Å². The molecular formula is C15H20N2O2. The topological polar surface area (TPSA) is 75.4 Å². The van der Waals surface area contributed by atoms with Crippen molar-refractivity contribution in [1.82, 2.24) is 5.32 Å². The molecule has 4 heteroatoms. The zero-order valence-corrected chi connectivity index (χ0v) is 10.9. The normalized spacial score (nSPS) is 16.5. The summed E-state index contributed by atoms with van der Waals surface area (Å²) in [6.07, 6.45) is 6.25. The Morgan fingerprint density at radius 2 is 2.05 bits per heavy atom. The molecular weight excluding hydrogens is 240 g/mol. The average molecular weight is 260 g/mol. The Labute approximate surface area is 113 Å². The van der Waals surface area contributed by atoms with Gasteiger partial charge in [0.2, 0.25) is 5.91 Å². The van der Waals surface area contributed by atoms with E-state index in [1.54, 1.807) is 18.2 Å². The summed E-state index contributed by atoms with van der Waals surface area (Å²) in [5.41, 5.74) is 7.40. The molecule has 0 spiro atoms. The fourth-order valence-electron chi connectivity index (χ4n) is 2.04. The zero-order valence-electron chi connectivity index (χ0n) is 10.9. The number of rotatable bonds is 6. The smallest absolute Gasteiger partial charge is 0.244 e. The van der Waals surface area contributed by atoms with Crippen LogP contribution in [0.1, 0.15) is 24.8 Å². The molecule has 4 nitrogen and oxygen atoms in total. The highest BCUT2D eigenvalue weighted by Crippen LogP contribution is 2.47. The molecule has 1 aromatic rings. The van der Waals surface area contributed by atoms with Crippen LogP contribution in [0.3, 0.4) is 0 Å². The molecule has 0 atom stereocenters. The largest absolute Gasteiger partial charge is 0.399 e. The number of nitrogens with one attached hydrogen (secondary N) is 1. The number of carbonyl (C=O) groups is 1. The standard InChI is InChI=1S/C15H20N2O2/c16-13-4-1-12(2-5-13)3-6-14(19)17-11-15(7-8-15)9-10-18/h1-6,18H,7-11,16H2,(H,17,19)/b6-3+. The number of aliphatic hydroxyl groups is 1. The summed E-state index contributed by atoms with van der Waals surface area (Å²) in [7, 11) is 0. The predicted octanol–water partition coefficient (Wildman–Crippen LogP) is 1.56. The van der Waals surface area contributed by atoms with E-state index in [-0.39, 0.29) is 17.9 Å². The van der Waals surface area contributed by atoms with E-state index in [1.165, 1.54) is 6.08 Å². The minimum Gasteiger partial charge on any atom is -0.399 e. The third-order valence-electron chi connectivity index (χ3n) is 3.60. The molecule has 102 valence electrons. The summed E-state index contributed by atoms with van der Waals surface area (Å²) < 4.78 is 0. The highest BCUT2D eigenvalue weighted by atomic mass is 16.3. The van der Waals surface area contributed by atoms with Crippen LogP contribution in [0.15, 0.2) is 30.3 Å². The monoisotopic (exact) mass is 260 g/mol. The molecule has 0 aromatic heterocycles. The number of hydrogen-bond donors (Lipinski definition) is 3. The fourth-order valence-corrected chi connectivity index (χ4v) is 2.04. The SMILES string of the molecule is Nc1ccc(/C=C/C(=O)NCC2(CCO)CC2)cc1. The van der Waals surface area contributed by atoms with Crippen molar-refractivity contribution in [3.8, 4) is 0 Å². The quantitative estimate of drug-likeness (QED) is 0.536. The van der Waals surface area contributed by atoms with Crippen LogP contribution in [0.5, 0.6) is 0 Å². The lowest BCUT2D eigenvalue weighted by Gasteiger charge is -2.13. The van der Waals surface area contributed by atoms with Gasteiger partial charge in [-0.1, -0.05) is 12.1 Å². The molecule has 1 aromatic carbocycles. The van der Waals surface area contributed by atoms with Crippen LogP contribution < -0.4 is 11.1 Å². The molecule has 1 aliphatic rings. The molecule has 0 unspecified atom stereocenters. The molecule has 1 aliphatic carbocycles. The lowest BCUT2D eigenvalue weighted by Crippen LogP contribution is -2.29. The summed E-state index contributed by atoms with van der Waals surface area (Å²) in [4.78, 5) is 11.7. The summed E-state index contributed by atoms with van der Waals surface area (Å²) in [5.74, 6) is -0.0963. The number of anilines is 1. The fraction of sp³-hybridized carbons (Fsp3) is 0.400. The first-order valence-electron chi connectivity index (χ1n) is 6.56. The lowest BCUT2D eigenvalue weighted by molar-refractivity contribution is -0.116. The molecule has 0 radical (unpaired) electrons. The predicted molar refractivity (Wildman–Crippen MR) is 76.3 cm³/mol. The van der Waals surface area contributed by atoms with Crippen molar-refractivity contribution in [3.63, 3.8) is 0 Å². The molecule has 0 aliphatic heterocycles. The molecule has 0 heterocycles. The number of amides is 1.